The summed E-state index contributed by atoms with van der Waals surface area (Å²) in [6, 6.07) is 0. The van der Waals surface area contributed by atoms with Crippen LogP contribution in [0.5, 0.6) is 0 Å². The SMILES string of the molecule is CCC=NC(=O)C(=O)O. The standard InChI is InChI=1S/C5H7NO3/c1-2-3-6-4(7)5(8)9/h3H,2H2,1H3,(H,8,9). The summed E-state index contributed by atoms with van der Waals surface area (Å²) in [6.45, 7) is 1.76. The van der Waals surface area contributed by atoms with Crippen LogP contribution in [0.3, 0.4) is 0 Å². The van der Waals surface area contributed by atoms with Crippen molar-refractivity contribution in [3.8, 4) is 0 Å². The van der Waals surface area contributed by atoms with Gasteiger partial charge in [-0.25, -0.2) is 9.79 Å². The third-order valence-corrected chi connectivity index (χ3v) is 0.574. The Labute approximate surface area is 52.2 Å². The van der Waals surface area contributed by atoms with Crippen molar-refractivity contribution in [1.82, 2.24) is 0 Å². The molecule has 9 heavy (non-hydrogen) atoms. The molecule has 0 saturated heterocycles. The topological polar surface area (TPSA) is 66.7 Å². The number of hydrogen-bond acceptors (Lipinski definition) is 2. The van der Waals surface area contributed by atoms with Crippen LogP contribution in [0, 0.1) is 0 Å². The lowest BCUT2D eigenvalue weighted by atomic mass is 10.5. The molecule has 0 radical (unpaired) electrons. The van der Waals surface area contributed by atoms with E-state index in [9.17, 15) is 9.59 Å². The highest BCUT2D eigenvalue weighted by Crippen LogP contribution is 1.74. The molecule has 0 aliphatic rings. The maximum absolute atomic E-state index is 10.1. The van der Waals surface area contributed by atoms with Gasteiger partial charge < -0.3 is 5.11 Å². The Balaban J connectivity index is 3.77. The molecule has 0 heterocycles. The summed E-state index contributed by atoms with van der Waals surface area (Å²) < 4.78 is 0. The highest BCUT2D eigenvalue weighted by atomic mass is 16.4. The second-order valence-corrected chi connectivity index (χ2v) is 1.33. The number of hydrogen-bond donors (Lipinski definition) is 1. The minimum absolute atomic E-state index is 0.568. The van der Waals surface area contributed by atoms with Gasteiger partial charge in [-0.15, -0.1) is 0 Å². The first-order valence-electron chi connectivity index (χ1n) is 2.48. The maximum atomic E-state index is 10.1. The summed E-state index contributed by atoms with van der Waals surface area (Å²) in [5, 5.41) is 7.95. The van der Waals surface area contributed by atoms with Crippen LogP contribution in [0.25, 0.3) is 0 Å². The molecule has 0 aromatic carbocycles. The first-order valence-corrected chi connectivity index (χ1v) is 2.48. The molecule has 0 fully saturated rings. The molecule has 0 aliphatic heterocycles. The average Bonchev–Trinajstić information content (AvgIpc) is 1.82. The predicted molar refractivity (Wildman–Crippen MR) is 31.4 cm³/mol. The predicted octanol–water partition coefficient (Wildman–Crippen LogP) is 0.0784. The van der Waals surface area contributed by atoms with Gasteiger partial charge in [-0.2, -0.15) is 0 Å². The lowest BCUT2D eigenvalue weighted by Crippen LogP contribution is -2.08. The van der Waals surface area contributed by atoms with Crippen LogP contribution in [0.2, 0.25) is 0 Å². The van der Waals surface area contributed by atoms with Crippen LogP contribution in [-0.2, 0) is 9.59 Å². The Bertz CT molecular complexity index is 150. The quantitative estimate of drug-likeness (QED) is 0.402. The molecule has 0 bridgehead atoms. The van der Waals surface area contributed by atoms with Gasteiger partial charge in [-0.1, -0.05) is 6.92 Å². The molecule has 0 aliphatic carbocycles. The number of amides is 1. The second-order valence-electron chi connectivity index (χ2n) is 1.33. The molecule has 1 N–H and O–H groups in total. The van der Waals surface area contributed by atoms with Gasteiger partial charge >= 0.3 is 11.9 Å². The number of carboxylic acids is 1. The van der Waals surface area contributed by atoms with E-state index < -0.39 is 11.9 Å². The van der Waals surface area contributed by atoms with Crippen molar-refractivity contribution in [3.05, 3.63) is 0 Å². The summed E-state index contributed by atoms with van der Waals surface area (Å²) in [6.07, 6.45) is 1.83. The van der Waals surface area contributed by atoms with Gasteiger partial charge in [0, 0.05) is 6.21 Å². The Morgan fingerprint density at radius 1 is 1.67 bits per heavy atom. The number of carboxylic acid groups (broad SMARTS) is 1. The van der Waals surface area contributed by atoms with Crippen molar-refractivity contribution < 1.29 is 14.7 Å². The number of carbonyl (C=O) groups excluding carboxylic acids is 1. The Morgan fingerprint density at radius 2 is 2.22 bits per heavy atom. The van der Waals surface area contributed by atoms with E-state index in [0.29, 0.717) is 6.42 Å². The monoisotopic (exact) mass is 129 g/mol. The first-order chi connectivity index (χ1) is 4.18. The van der Waals surface area contributed by atoms with E-state index in [-0.39, 0.29) is 0 Å². The molecule has 4 heteroatoms. The Kier molecular flexibility index (Phi) is 3.27. The van der Waals surface area contributed by atoms with Crippen molar-refractivity contribution >= 4 is 18.1 Å². The number of nitrogens with zero attached hydrogens (tertiary/aromatic N) is 1. The van der Waals surface area contributed by atoms with Crippen molar-refractivity contribution in [2.75, 3.05) is 0 Å². The zero-order valence-electron chi connectivity index (χ0n) is 5.00. The summed E-state index contributed by atoms with van der Waals surface area (Å²) in [7, 11) is 0. The normalized spacial score (nSPS) is 9.89. The Morgan fingerprint density at radius 3 is 2.56 bits per heavy atom. The fourth-order valence-corrected chi connectivity index (χ4v) is 0.229. The molecule has 0 saturated carbocycles. The summed E-state index contributed by atoms with van der Waals surface area (Å²) in [5.41, 5.74) is 0. The van der Waals surface area contributed by atoms with Gasteiger partial charge in [-0.05, 0) is 6.42 Å². The Hall–Kier alpha value is -1.19. The van der Waals surface area contributed by atoms with E-state index in [2.05, 4.69) is 4.99 Å². The van der Waals surface area contributed by atoms with Crippen LogP contribution < -0.4 is 0 Å². The van der Waals surface area contributed by atoms with Crippen molar-refractivity contribution in [2.45, 2.75) is 13.3 Å². The number of aliphatic carboxylic acids is 1. The van der Waals surface area contributed by atoms with E-state index in [4.69, 9.17) is 5.11 Å². The fraction of sp³-hybridized carbons (Fsp3) is 0.400. The van der Waals surface area contributed by atoms with Gasteiger partial charge in [0.15, 0.2) is 0 Å². The van der Waals surface area contributed by atoms with Crippen LogP contribution >= 0.6 is 0 Å². The molecule has 0 rings (SSSR count). The molecule has 0 aromatic rings. The van der Waals surface area contributed by atoms with Crippen LogP contribution in [0.4, 0.5) is 0 Å². The second kappa shape index (κ2) is 3.77. The molecule has 0 spiro atoms. The van der Waals surface area contributed by atoms with Crippen molar-refractivity contribution in [1.29, 1.82) is 0 Å². The summed E-state index contributed by atoms with van der Waals surface area (Å²) >= 11 is 0. The average molecular weight is 129 g/mol. The van der Waals surface area contributed by atoms with Crippen LogP contribution in [0.15, 0.2) is 4.99 Å². The third kappa shape index (κ3) is 3.40. The molecular formula is C5H7NO3. The molecule has 0 unspecified atom stereocenters. The van der Waals surface area contributed by atoms with E-state index in [1.807, 2.05) is 0 Å². The van der Waals surface area contributed by atoms with Gasteiger partial charge in [0.2, 0.25) is 0 Å². The van der Waals surface area contributed by atoms with Gasteiger partial charge in [-0.3, -0.25) is 4.79 Å². The smallest absolute Gasteiger partial charge is 0.396 e. The largest absolute Gasteiger partial charge is 0.474 e. The highest BCUT2D eigenvalue weighted by Gasteiger charge is 2.06. The molecule has 1 amide bonds. The van der Waals surface area contributed by atoms with E-state index in [1.165, 1.54) is 6.21 Å². The van der Waals surface area contributed by atoms with Crippen LogP contribution in [0.1, 0.15) is 13.3 Å². The molecule has 4 nitrogen and oxygen atoms in total. The molecule has 50 valence electrons. The maximum Gasteiger partial charge on any atom is 0.396 e. The first kappa shape index (κ1) is 7.81. The molecule has 0 atom stereocenters. The van der Waals surface area contributed by atoms with Gasteiger partial charge in [0.05, 0.1) is 0 Å². The van der Waals surface area contributed by atoms with Gasteiger partial charge in [0.1, 0.15) is 0 Å². The van der Waals surface area contributed by atoms with E-state index >= 15 is 0 Å². The molecular weight excluding hydrogens is 122 g/mol. The van der Waals surface area contributed by atoms with Crippen LogP contribution in [-0.4, -0.2) is 23.2 Å². The van der Waals surface area contributed by atoms with Crippen molar-refractivity contribution in [2.24, 2.45) is 4.99 Å². The van der Waals surface area contributed by atoms with Gasteiger partial charge in [0.25, 0.3) is 0 Å². The van der Waals surface area contributed by atoms with E-state index in [1.54, 1.807) is 6.92 Å². The summed E-state index contributed by atoms with van der Waals surface area (Å²) in [5.74, 6) is -2.63. The van der Waals surface area contributed by atoms with Crippen molar-refractivity contribution in [3.63, 3.8) is 0 Å². The zero-order chi connectivity index (χ0) is 7.28. The number of aliphatic imine (C=N–C) groups is 1. The minimum atomic E-state index is -1.51. The fourth-order valence-electron chi connectivity index (χ4n) is 0.229. The zero-order valence-corrected chi connectivity index (χ0v) is 5.00. The summed E-state index contributed by atoms with van der Waals surface area (Å²) in [4.78, 5) is 22.9. The number of rotatable bonds is 1. The van der Waals surface area contributed by atoms with E-state index in [0.717, 1.165) is 0 Å². The molecule has 0 aromatic heterocycles. The number of carbonyl (C=O) groups is 2. The highest BCUT2D eigenvalue weighted by molar-refractivity contribution is 6.33. The lowest BCUT2D eigenvalue weighted by molar-refractivity contribution is -0.148. The lowest BCUT2D eigenvalue weighted by Gasteiger charge is -1.80. The minimum Gasteiger partial charge on any atom is -0.474 e. The third-order valence-electron chi connectivity index (χ3n) is 0.574.